The van der Waals surface area contributed by atoms with Gasteiger partial charge < -0.3 is 4.90 Å². The molecule has 0 aromatic rings. The minimum atomic E-state index is -0.0570. The van der Waals surface area contributed by atoms with E-state index in [2.05, 4.69) is 12.2 Å². The van der Waals surface area contributed by atoms with Crippen molar-refractivity contribution in [1.29, 1.82) is 5.41 Å². The third-order valence-electron chi connectivity index (χ3n) is 3.44. The second kappa shape index (κ2) is 4.85. The molecule has 1 saturated heterocycles. The average Bonchev–Trinajstić information content (AvgIpc) is 3.01. The minimum Gasteiger partial charge on any atom is -0.314 e. The van der Waals surface area contributed by atoms with Gasteiger partial charge in [0.2, 0.25) is 0 Å². The van der Waals surface area contributed by atoms with Crippen LogP contribution in [0.3, 0.4) is 0 Å². The quantitative estimate of drug-likeness (QED) is 0.667. The number of unbranched alkanes of at least 4 members (excludes halogenated alkanes) is 2. The molecule has 0 aromatic carbocycles. The molecule has 1 unspecified atom stereocenters. The van der Waals surface area contributed by atoms with E-state index >= 15 is 0 Å². The maximum atomic E-state index is 11.7. The zero-order chi connectivity index (χ0) is 11.5. The van der Waals surface area contributed by atoms with Crippen molar-refractivity contribution in [1.82, 2.24) is 10.2 Å². The highest BCUT2D eigenvalue weighted by Crippen LogP contribution is 2.31. The molecule has 2 aliphatic rings. The minimum absolute atomic E-state index is 0.0275. The number of hydrogen-bond donors (Lipinski definition) is 2. The predicted octanol–water partition coefficient (Wildman–Crippen LogP) is 2.35. The van der Waals surface area contributed by atoms with E-state index in [-0.39, 0.29) is 12.1 Å². The van der Waals surface area contributed by atoms with Gasteiger partial charge in [-0.05, 0) is 25.2 Å². The number of carbonyl (C=O) groups is 1. The number of amidine groups is 1. The molecule has 4 nitrogen and oxygen atoms in total. The van der Waals surface area contributed by atoms with E-state index in [1.165, 1.54) is 25.7 Å². The summed E-state index contributed by atoms with van der Waals surface area (Å²) in [6, 6.07) is -0.0296. The molecule has 0 radical (unpaired) electrons. The van der Waals surface area contributed by atoms with E-state index in [4.69, 9.17) is 5.41 Å². The van der Waals surface area contributed by atoms with Crippen LogP contribution in [0.1, 0.15) is 45.4 Å². The third kappa shape index (κ3) is 2.54. The van der Waals surface area contributed by atoms with E-state index in [1.54, 1.807) is 0 Å². The molecule has 2 rings (SSSR count). The number of hydrogen-bond acceptors (Lipinski definition) is 2. The zero-order valence-electron chi connectivity index (χ0n) is 9.96. The standard InChI is InChI=1S/C12H21N3O/c1-2-3-4-5-10-11(13)14-12(16)15(10)8-9-6-7-9/h9-10H,2-8H2,1H3,(H2,13,14,16). The number of amides is 2. The molecule has 1 heterocycles. The molecule has 1 saturated carbocycles. The summed E-state index contributed by atoms with van der Waals surface area (Å²) >= 11 is 0. The average molecular weight is 223 g/mol. The summed E-state index contributed by atoms with van der Waals surface area (Å²) in [5, 5.41) is 10.4. The van der Waals surface area contributed by atoms with Gasteiger partial charge in [-0.15, -0.1) is 0 Å². The van der Waals surface area contributed by atoms with Gasteiger partial charge >= 0.3 is 6.03 Å². The molecule has 0 spiro atoms. The van der Waals surface area contributed by atoms with Crippen LogP contribution in [-0.4, -0.2) is 29.4 Å². The summed E-state index contributed by atoms with van der Waals surface area (Å²) < 4.78 is 0. The van der Waals surface area contributed by atoms with Crippen LogP contribution in [-0.2, 0) is 0 Å². The van der Waals surface area contributed by atoms with Crippen molar-refractivity contribution in [2.45, 2.75) is 51.5 Å². The lowest BCUT2D eigenvalue weighted by Gasteiger charge is -2.22. The lowest BCUT2D eigenvalue weighted by atomic mass is 10.1. The number of rotatable bonds is 6. The maximum Gasteiger partial charge on any atom is 0.323 e. The van der Waals surface area contributed by atoms with Gasteiger partial charge in [0.1, 0.15) is 5.84 Å². The fourth-order valence-electron chi connectivity index (χ4n) is 2.24. The van der Waals surface area contributed by atoms with Gasteiger partial charge in [-0.1, -0.05) is 26.2 Å². The van der Waals surface area contributed by atoms with Crippen LogP contribution in [0.4, 0.5) is 4.79 Å². The summed E-state index contributed by atoms with van der Waals surface area (Å²) in [7, 11) is 0. The van der Waals surface area contributed by atoms with Crippen LogP contribution in [0, 0.1) is 11.3 Å². The van der Waals surface area contributed by atoms with Gasteiger partial charge in [-0.25, -0.2) is 4.79 Å². The van der Waals surface area contributed by atoms with Gasteiger partial charge in [0.05, 0.1) is 6.04 Å². The molecule has 4 heteroatoms. The van der Waals surface area contributed by atoms with Crippen LogP contribution in [0.5, 0.6) is 0 Å². The monoisotopic (exact) mass is 223 g/mol. The first-order valence-corrected chi connectivity index (χ1v) is 6.38. The maximum absolute atomic E-state index is 11.7. The Morgan fingerprint density at radius 2 is 2.19 bits per heavy atom. The highest BCUT2D eigenvalue weighted by Gasteiger charge is 2.38. The van der Waals surface area contributed by atoms with Crippen LogP contribution in [0.15, 0.2) is 0 Å². The topological polar surface area (TPSA) is 56.2 Å². The molecule has 1 aliphatic carbocycles. The van der Waals surface area contributed by atoms with Crippen LogP contribution < -0.4 is 5.32 Å². The van der Waals surface area contributed by atoms with Gasteiger partial charge in [0.15, 0.2) is 0 Å². The number of nitrogens with zero attached hydrogens (tertiary/aromatic N) is 1. The highest BCUT2D eigenvalue weighted by atomic mass is 16.2. The van der Waals surface area contributed by atoms with Crippen molar-refractivity contribution in [3.8, 4) is 0 Å². The normalized spacial score (nSPS) is 25.1. The van der Waals surface area contributed by atoms with E-state index in [0.717, 1.165) is 19.4 Å². The number of urea groups is 1. The first-order valence-electron chi connectivity index (χ1n) is 6.38. The van der Waals surface area contributed by atoms with Crippen molar-refractivity contribution < 1.29 is 4.79 Å². The third-order valence-corrected chi connectivity index (χ3v) is 3.44. The Morgan fingerprint density at radius 3 is 2.81 bits per heavy atom. The Morgan fingerprint density at radius 1 is 1.44 bits per heavy atom. The first kappa shape index (κ1) is 11.4. The Labute approximate surface area is 96.9 Å². The van der Waals surface area contributed by atoms with Gasteiger partial charge in [0.25, 0.3) is 0 Å². The summed E-state index contributed by atoms with van der Waals surface area (Å²) in [6.07, 6.45) is 6.93. The molecular formula is C12H21N3O. The molecule has 90 valence electrons. The molecule has 1 atom stereocenters. The van der Waals surface area contributed by atoms with Crippen LogP contribution in [0.25, 0.3) is 0 Å². The fraction of sp³-hybridized carbons (Fsp3) is 0.833. The zero-order valence-corrected chi connectivity index (χ0v) is 9.96. The Bertz CT molecular complexity index is 286. The highest BCUT2D eigenvalue weighted by molar-refractivity contribution is 6.05. The fourth-order valence-corrected chi connectivity index (χ4v) is 2.24. The summed E-state index contributed by atoms with van der Waals surface area (Å²) in [5.74, 6) is 1.10. The lowest BCUT2D eigenvalue weighted by Crippen LogP contribution is -2.36. The molecular weight excluding hydrogens is 202 g/mol. The number of nitrogens with one attached hydrogen (secondary N) is 2. The van der Waals surface area contributed by atoms with E-state index in [1.807, 2.05) is 4.90 Å². The lowest BCUT2D eigenvalue weighted by molar-refractivity contribution is 0.200. The van der Waals surface area contributed by atoms with Gasteiger partial charge in [-0.2, -0.15) is 0 Å². The Balaban J connectivity index is 1.89. The van der Waals surface area contributed by atoms with E-state index in [0.29, 0.717) is 11.8 Å². The summed E-state index contributed by atoms with van der Waals surface area (Å²) in [4.78, 5) is 13.5. The molecule has 0 aromatic heterocycles. The molecule has 2 N–H and O–H groups in total. The van der Waals surface area contributed by atoms with Crippen LogP contribution >= 0.6 is 0 Å². The molecule has 2 amide bonds. The largest absolute Gasteiger partial charge is 0.323 e. The Kier molecular flexibility index (Phi) is 3.46. The summed E-state index contributed by atoms with van der Waals surface area (Å²) in [5.41, 5.74) is 0. The smallest absolute Gasteiger partial charge is 0.314 e. The Hall–Kier alpha value is -1.06. The van der Waals surface area contributed by atoms with Crippen LogP contribution in [0.2, 0.25) is 0 Å². The molecule has 1 aliphatic heterocycles. The second-order valence-corrected chi connectivity index (χ2v) is 4.95. The molecule has 2 fully saturated rings. The number of carbonyl (C=O) groups excluding carboxylic acids is 1. The van der Waals surface area contributed by atoms with Gasteiger partial charge in [-0.3, -0.25) is 10.7 Å². The van der Waals surface area contributed by atoms with E-state index < -0.39 is 0 Å². The van der Waals surface area contributed by atoms with Crippen molar-refractivity contribution in [3.05, 3.63) is 0 Å². The predicted molar refractivity (Wildman–Crippen MR) is 63.6 cm³/mol. The van der Waals surface area contributed by atoms with Crippen molar-refractivity contribution in [2.75, 3.05) is 6.54 Å². The first-order chi connectivity index (χ1) is 7.72. The van der Waals surface area contributed by atoms with Gasteiger partial charge in [0, 0.05) is 6.54 Å². The molecule has 0 bridgehead atoms. The van der Waals surface area contributed by atoms with Crippen molar-refractivity contribution in [3.63, 3.8) is 0 Å². The summed E-state index contributed by atoms with van der Waals surface area (Å²) in [6.45, 7) is 3.02. The van der Waals surface area contributed by atoms with E-state index in [9.17, 15) is 4.79 Å². The second-order valence-electron chi connectivity index (χ2n) is 4.95. The SMILES string of the molecule is CCCCCC1C(=N)NC(=O)N1CC1CC1. The van der Waals surface area contributed by atoms with Crippen molar-refractivity contribution >= 4 is 11.9 Å². The molecule has 16 heavy (non-hydrogen) atoms. The van der Waals surface area contributed by atoms with Crippen molar-refractivity contribution in [2.24, 2.45) is 5.92 Å².